The average molecular weight is 496 g/mol. The monoisotopic (exact) mass is 495 g/mol. The third-order valence-electron chi connectivity index (χ3n) is 7.36. The Morgan fingerprint density at radius 3 is 2.48 bits per heavy atom. The van der Waals surface area contributed by atoms with Crippen LogP contribution in [0.3, 0.4) is 0 Å². The molecule has 2 aliphatic heterocycles. The van der Waals surface area contributed by atoms with Gasteiger partial charge in [-0.15, -0.1) is 23.2 Å². The van der Waals surface area contributed by atoms with E-state index >= 15 is 0 Å². The zero-order valence-electron chi connectivity index (χ0n) is 17.3. The maximum absolute atomic E-state index is 13.3. The van der Waals surface area contributed by atoms with E-state index in [0.717, 1.165) is 4.90 Å². The lowest BCUT2D eigenvalue weighted by molar-refractivity contribution is -0.139. The smallest absolute Gasteiger partial charge is 0.328 e. The van der Waals surface area contributed by atoms with Crippen molar-refractivity contribution in [3.8, 4) is 0 Å². The number of likely N-dealkylation sites (tertiary alicyclic amines) is 2. The van der Waals surface area contributed by atoms with Crippen molar-refractivity contribution < 1.29 is 33.5 Å². The number of primary amides is 1. The Hall–Kier alpha value is -2.69. The highest BCUT2D eigenvalue weighted by molar-refractivity contribution is 6.53. The van der Waals surface area contributed by atoms with E-state index < -0.39 is 69.7 Å². The molecule has 4 aliphatic rings. The number of carbonyl (C=O) groups is 5. The van der Waals surface area contributed by atoms with Crippen LogP contribution in [-0.2, 0) is 25.8 Å². The highest BCUT2D eigenvalue weighted by Crippen LogP contribution is 2.65. The molecule has 6 amide bonds. The van der Waals surface area contributed by atoms with E-state index in [-0.39, 0.29) is 24.4 Å². The predicted molar refractivity (Wildman–Crippen MR) is 112 cm³/mol. The molecule has 0 bridgehead atoms. The third-order valence-corrected chi connectivity index (χ3v) is 8.77. The Labute approximate surface area is 197 Å². The van der Waals surface area contributed by atoms with Crippen LogP contribution >= 0.6 is 23.2 Å². The van der Waals surface area contributed by atoms with Crippen LogP contribution in [0.25, 0.3) is 0 Å². The van der Waals surface area contributed by atoms with E-state index in [9.17, 15) is 29.1 Å². The Balaban J connectivity index is 1.71. The van der Waals surface area contributed by atoms with Crippen molar-refractivity contribution in [3.63, 3.8) is 0 Å². The zero-order chi connectivity index (χ0) is 24.0. The number of aliphatic hydroxyl groups excluding tert-OH is 1. The standard InChI is InChI=1S/C21H19Cl2N3O7/c1-25-17(30)20(22)6-11-9(3-4-10-13(11)16(29)26(15(10)28)19(24)32)14(21(20,23)18(25)31)12-5-2-8(7-27)33-12/h2-3,5,10-11,13-14,27H,4,6-7H2,1H3,(H2,24,32)/t10-,11+,13-,14+,20+,21-/m0/s1. The Morgan fingerprint density at radius 2 is 1.88 bits per heavy atom. The number of carbonyl (C=O) groups excluding carboxylic acids is 5. The lowest BCUT2D eigenvalue weighted by Crippen LogP contribution is -2.60. The molecule has 1 saturated carbocycles. The second-order valence-electron chi connectivity index (χ2n) is 8.81. The molecule has 1 aromatic rings. The van der Waals surface area contributed by atoms with Gasteiger partial charge >= 0.3 is 6.03 Å². The van der Waals surface area contributed by atoms with Gasteiger partial charge in [0.2, 0.25) is 11.8 Å². The summed E-state index contributed by atoms with van der Waals surface area (Å²) in [4.78, 5) is 61.4. The minimum absolute atomic E-state index is 0.106. The normalized spacial score (nSPS) is 37.8. The number of rotatable bonds is 2. The summed E-state index contributed by atoms with van der Waals surface area (Å²) in [5.41, 5.74) is 5.78. The van der Waals surface area contributed by atoms with E-state index in [1.807, 2.05) is 0 Å². The summed E-state index contributed by atoms with van der Waals surface area (Å²) in [5, 5.41) is 9.46. The molecular formula is C21H19Cl2N3O7. The number of urea groups is 1. The van der Waals surface area contributed by atoms with Crippen molar-refractivity contribution in [1.82, 2.24) is 9.80 Å². The number of nitrogens with two attached hydrogens (primary N) is 1. The number of fused-ring (bicyclic) bond motifs is 4. The van der Waals surface area contributed by atoms with Crippen molar-refractivity contribution in [3.05, 3.63) is 35.3 Å². The van der Waals surface area contributed by atoms with Crippen LogP contribution in [-0.4, -0.2) is 61.4 Å². The van der Waals surface area contributed by atoms with Crippen LogP contribution in [0.2, 0.25) is 0 Å². The van der Waals surface area contributed by atoms with Gasteiger partial charge in [0.05, 0.1) is 17.8 Å². The Morgan fingerprint density at radius 1 is 1.18 bits per heavy atom. The number of hydrogen-bond acceptors (Lipinski definition) is 7. The average Bonchev–Trinajstić information content (AvgIpc) is 3.38. The maximum Gasteiger partial charge on any atom is 0.328 e. The lowest BCUT2D eigenvalue weighted by Gasteiger charge is -2.49. The maximum atomic E-state index is 13.3. The number of halogens is 2. The first kappa shape index (κ1) is 22.1. The van der Waals surface area contributed by atoms with Gasteiger partial charge in [0, 0.05) is 7.05 Å². The largest absolute Gasteiger partial charge is 0.463 e. The number of allylic oxidation sites excluding steroid dienone is 2. The van der Waals surface area contributed by atoms with E-state index in [4.69, 9.17) is 33.4 Å². The number of hydrogen-bond donors (Lipinski definition) is 2. The SMILES string of the molecule is CN1C(=O)[C@]2(Cl)C[C@@H]3C(=CC[C@@H]4C(=O)N(C(N)=O)C(=O)[C@@H]43)[C@H](c3ccc(CO)o3)[C@]2(Cl)C1=O. The van der Waals surface area contributed by atoms with Gasteiger partial charge in [0.15, 0.2) is 9.75 Å². The molecule has 0 unspecified atom stereocenters. The molecule has 2 saturated heterocycles. The molecule has 3 heterocycles. The second kappa shape index (κ2) is 6.91. The fourth-order valence-electron chi connectivity index (χ4n) is 5.91. The quantitative estimate of drug-likeness (QED) is 0.350. The van der Waals surface area contributed by atoms with Gasteiger partial charge < -0.3 is 15.3 Å². The summed E-state index contributed by atoms with van der Waals surface area (Å²) in [5.74, 6) is -6.20. The van der Waals surface area contributed by atoms with Crippen molar-refractivity contribution >= 4 is 52.9 Å². The topological polar surface area (TPSA) is 151 Å². The summed E-state index contributed by atoms with van der Waals surface area (Å²) in [7, 11) is 1.27. The number of alkyl halides is 2. The van der Waals surface area contributed by atoms with E-state index in [0.29, 0.717) is 10.5 Å². The van der Waals surface area contributed by atoms with Crippen LogP contribution in [0.5, 0.6) is 0 Å². The molecule has 174 valence electrons. The molecule has 12 heteroatoms. The third kappa shape index (κ3) is 2.51. The molecule has 2 aliphatic carbocycles. The first-order valence-corrected chi connectivity index (χ1v) is 11.0. The van der Waals surface area contributed by atoms with Gasteiger partial charge in [-0.25, -0.2) is 4.79 Å². The number of furan rings is 1. The molecule has 0 radical (unpaired) electrons. The molecule has 0 spiro atoms. The van der Waals surface area contributed by atoms with Crippen LogP contribution in [0.4, 0.5) is 4.79 Å². The van der Waals surface area contributed by atoms with E-state index in [1.54, 1.807) is 6.08 Å². The van der Waals surface area contributed by atoms with Crippen molar-refractivity contribution in [2.24, 2.45) is 23.5 Å². The second-order valence-corrected chi connectivity index (χ2v) is 10.1. The number of imide groups is 4. The highest BCUT2D eigenvalue weighted by Gasteiger charge is 2.76. The van der Waals surface area contributed by atoms with Crippen molar-refractivity contribution in [2.45, 2.75) is 35.1 Å². The fraction of sp³-hybridized carbons (Fsp3) is 0.476. The van der Waals surface area contributed by atoms with Gasteiger partial charge in [-0.1, -0.05) is 11.6 Å². The minimum Gasteiger partial charge on any atom is -0.463 e. The molecule has 33 heavy (non-hydrogen) atoms. The fourth-order valence-corrected chi connectivity index (χ4v) is 6.91. The predicted octanol–water partition coefficient (Wildman–Crippen LogP) is 0.839. The van der Waals surface area contributed by atoms with Gasteiger partial charge in [0.1, 0.15) is 18.1 Å². The number of nitrogens with zero attached hydrogens (tertiary/aromatic N) is 2. The van der Waals surface area contributed by atoms with Crippen LogP contribution in [0.1, 0.15) is 30.3 Å². The Kier molecular flexibility index (Phi) is 4.63. The zero-order valence-corrected chi connectivity index (χ0v) is 18.8. The number of aliphatic hydroxyl groups is 1. The van der Waals surface area contributed by atoms with Gasteiger partial charge in [-0.3, -0.25) is 24.1 Å². The molecule has 10 nitrogen and oxygen atoms in total. The molecule has 0 aromatic carbocycles. The van der Waals surface area contributed by atoms with Crippen molar-refractivity contribution in [2.75, 3.05) is 7.05 Å². The molecule has 6 atom stereocenters. The number of amides is 6. The highest BCUT2D eigenvalue weighted by atomic mass is 35.5. The van der Waals surface area contributed by atoms with Crippen LogP contribution in [0.15, 0.2) is 28.2 Å². The Bertz CT molecular complexity index is 1180. The summed E-state index contributed by atoms with van der Waals surface area (Å²) in [6.45, 7) is -0.408. The van der Waals surface area contributed by atoms with E-state index in [2.05, 4.69) is 0 Å². The summed E-state index contributed by atoms with van der Waals surface area (Å²) >= 11 is 13.8. The molecule has 3 N–H and O–H groups in total. The van der Waals surface area contributed by atoms with Crippen LogP contribution in [0, 0.1) is 17.8 Å². The van der Waals surface area contributed by atoms with Crippen LogP contribution < -0.4 is 5.73 Å². The first-order chi connectivity index (χ1) is 15.5. The molecule has 3 fully saturated rings. The van der Waals surface area contributed by atoms with Gasteiger partial charge in [0.25, 0.3) is 11.8 Å². The summed E-state index contributed by atoms with van der Waals surface area (Å²) < 4.78 is 5.72. The van der Waals surface area contributed by atoms with E-state index in [1.165, 1.54) is 19.2 Å². The molecule has 1 aromatic heterocycles. The molecule has 5 rings (SSSR count). The summed E-state index contributed by atoms with van der Waals surface area (Å²) in [6, 6.07) is 1.86. The lowest BCUT2D eigenvalue weighted by atomic mass is 9.57. The van der Waals surface area contributed by atoms with Gasteiger partial charge in [-0.05, 0) is 30.9 Å². The van der Waals surface area contributed by atoms with Crippen molar-refractivity contribution in [1.29, 1.82) is 0 Å². The summed E-state index contributed by atoms with van der Waals surface area (Å²) in [6.07, 6.45) is 1.61. The molecular weight excluding hydrogens is 477 g/mol. The first-order valence-electron chi connectivity index (χ1n) is 10.3. The minimum atomic E-state index is -1.96. The van der Waals surface area contributed by atoms with Gasteiger partial charge in [-0.2, -0.15) is 4.90 Å².